The number of esters is 3. The van der Waals surface area contributed by atoms with E-state index in [1.54, 1.807) is 0 Å². The van der Waals surface area contributed by atoms with Crippen LogP contribution in [0.3, 0.4) is 0 Å². The lowest BCUT2D eigenvalue weighted by atomic mass is 10.0. The Labute approximate surface area is 384 Å². The largest absolute Gasteiger partial charge is 0.462 e. The molecule has 0 bridgehead atoms. The van der Waals surface area contributed by atoms with E-state index in [1.165, 1.54) is 141 Å². The quantitative estimate of drug-likeness (QED) is 0.0262. The minimum absolute atomic E-state index is 0.0756. The zero-order chi connectivity index (χ0) is 45.1. The van der Waals surface area contributed by atoms with Crippen LogP contribution >= 0.6 is 0 Å². The van der Waals surface area contributed by atoms with Gasteiger partial charge in [-0.25, -0.2) is 0 Å². The highest BCUT2D eigenvalue weighted by atomic mass is 16.6. The van der Waals surface area contributed by atoms with Gasteiger partial charge in [-0.3, -0.25) is 14.4 Å². The Kier molecular flexibility index (Phi) is 48.8. The smallest absolute Gasteiger partial charge is 0.306 e. The fourth-order valence-corrected chi connectivity index (χ4v) is 7.51. The molecule has 0 fully saturated rings. The molecule has 0 N–H and O–H groups in total. The lowest BCUT2D eigenvalue weighted by molar-refractivity contribution is -0.167. The van der Waals surface area contributed by atoms with Crippen LogP contribution in [0.25, 0.3) is 0 Å². The molecule has 0 aliphatic rings. The van der Waals surface area contributed by atoms with E-state index in [0.29, 0.717) is 19.3 Å². The van der Waals surface area contributed by atoms with Gasteiger partial charge in [0.15, 0.2) is 6.10 Å². The monoisotopic (exact) mass is 869 g/mol. The van der Waals surface area contributed by atoms with Gasteiger partial charge in [0.1, 0.15) is 13.2 Å². The maximum absolute atomic E-state index is 12.7. The van der Waals surface area contributed by atoms with Crippen LogP contribution in [0.1, 0.15) is 271 Å². The molecule has 0 aromatic rings. The average Bonchev–Trinajstić information content (AvgIpc) is 3.27. The number of hydrogen-bond acceptors (Lipinski definition) is 6. The molecule has 1 unspecified atom stereocenters. The molecule has 0 radical (unpaired) electrons. The zero-order valence-electron chi connectivity index (χ0n) is 41.1. The molecule has 0 aliphatic heterocycles. The van der Waals surface area contributed by atoms with Crippen LogP contribution < -0.4 is 0 Å². The number of carbonyl (C=O) groups excluding carboxylic acids is 3. The molecule has 360 valence electrons. The molecular formula is C56H100O6. The third-order valence-electron chi connectivity index (χ3n) is 11.5. The summed E-state index contributed by atoms with van der Waals surface area (Å²) < 4.78 is 16.7. The van der Waals surface area contributed by atoms with Crippen molar-refractivity contribution >= 4 is 17.9 Å². The lowest BCUT2D eigenvalue weighted by Gasteiger charge is -2.18. The summed E-state index contributed by atoms with van der Waals surface area (Å²) in [5.41, 5.74) is 0. The summed E-state index contributed by atoms with van der Waals surface area (Å²) in [5.74, 6) is -0.890. The highest BCUT2D eigenvalue weighted by Crippen LogP contribution is 2.15. The fraction of sp³-hybridized carbons (Fsp3) is 0.804. The third-order valence-corrected chi connectivity index (χ3v) is 11.5. The molecular weight excluding hydrogens is 769 g/mol. The van der Waals surface area contributed by atoms with Crippen molar-refractivity contribution in [2.24, 2.45) is 0 Å². The van der Waals surface area contributed by atoms with E-state index in [4.69, 9.17) is 14.2 Å². The van der Waals surface area contributed by atoms with Crippen molar-refractivity contribution in [3.8, 4) is 0 Å². The van der Waals surface area contributed by atoms with Crippen molar-refractivity contribution in [2.75, 3.05) is 13.2 Å². The molecule has 1 atom stereocenters. The van der Waals surface area contributed by atoms with Crippen molar-refractivity contribution < 1.29 is 28.6 Å². The van der Waals surface area contributed by atoms with Crippen LogP contribution in [-0.2, 0) is 28.6 Å². The van der Waals surface area contributed by atoms with Crippen LogP contribution in [0.15, 0.2) is 48.6 Å². The van der Waals surface area contributed by atoms with Gasteiger partial charge in [0.25, 0.3) is 0 Å². The van der Waals surface area contributed by atoms with E-state index >= 15 is 0 Å². The first-order chi connectivity index (χ1) is 30.5. The molecule has 0 aromatic carbocycles. The Balaban J connectivity index is 4.05. The summed E-state index contributed by atoms with van der Waals surface area (Å²) >= 11 is 0. The van der Waals surface area contributed by atoms with Crippen molar-refractivity contribution in [1.82, 2.24) is 0 Å². The second-order valence-electron chi connectivity index (χ2n) is 17.8. The Morgan fingerprint density at radius 2 is 0.613 bits per heavy atom. The van der Waals surface area contributed by atoms with Gasteiger partial charge in [0.05, 0.1) is 0 Å². The summed E-state index contributed by atoms with van der Waals surface area (Å²) in [5, 5.41) is 0. The predicted octanol–water partition coefficient (Wildman–Crippen LogP) is 17.5. The first-order valence-electron chi connectivity index (χ1n) is 26.6. The topological polar surface area (TPSA) is 78.9 Å². The Bertz CT molecular complexity index is 1090. The predicted molar refractivity (Wildman–Crippen MR) is 265 cm³/mol. The van der Waals surface area contributed by atoms with Gasteiger partial charge >= 0.3 is 17.9 Å². The molecule has 62 heavy (non-hydrogen) atoms. The second kappa shape index (κ2) is 51.0. The maximum atomic E-state index is 12.7. The van der Waals surface area contributed by atoms with Gasteiger partial charge in [-0.1, -0.05) is 223 Å². The highest BCUT2D eigenvalue weighted by molar-refractivity contribution is 5.71. The standard InChI is InChI=1S/C56H100O6/c1-4-7-10-13-16-18-20-21-22-23-24-25-26-27-28-29-30-31-32-33-34-35-36-38-40-43-46-49-55(58)61-52-53(51-60-54(57)48-45-42-39-15-12-9-6-3)62-56(59)50-47-44-41-37-19-17-14-11-8-5-2/h11,14,20-21,23-24,26-27,53H,4-10,12-13,15-19,22,25,28-52H2,1-3H3/b14-11-,21-20-,24-23-,27-26-. The third kappa shape index (κ3) is 48.4. The number of allylic oxidation sites excluding steroid dienone is 8. The first-order valence-corrected chi connectivity index (χ1v) is 26.6. The lowest BCUT2D eigenvalue weighted by Crippen LogP contribution is -2.30. The molecule has 0 spiro atoms. The Morgan fingerprint density at radius 1 is 0.323 bits per heavy atom. The van der Waals surface area contributed by atoms with E-state index in [9.17, 15) is 14.4 Å². The van der Waals surface area contributed by atoms with Crippen LogP contribution in [0.2, 0.25) is 0 Å². The molecule has 6 heteroatoms. The van der Waals surface area contributed by atoms with Crippen LogP contribution in [0.5, 0.6) is 0 Å². The zero-order valence-corrected chi connectivity index (χ0v) is 41.1. The normalized spacial score (nSPS) is 12.4. The van der Waals surface area contributed by atoms with Gasteiger partial charge in [-0.05, 0) is 77.0 Å². The molecule has 0 saturated heterocycles. The maximum Gasteiger partial charge on any atom is 0.306 e. The van der Waals surface area contributed by atoms with E-state index in [0.717, 1.165) is 89.9 Å². The van der Waals surface area contributed by atoms with Crippen LogP contribution in [0.4, 0.5) is 0 Å². The number of hydrogen-bond donors (Lipinski definition) is 0. The second-order valence-corrected chi connectivity index (χ2v) is 17.8. The molecule has 0 aliphatic carbocycles. The number of rotatable bonds is 48. The molecule has 0 aromatic heterocycles. The number of ether oxygens (including phenoxy) is 3. The summed E-state index contributed by atoms with van der Waals surface area (Å²) in [6, 6.07) is 0. The Hall–Kier alpha value is -2.63. The summed E-state index contributed by atoms with van der Waals surface area (Å²) in [7, 11) is 0. The number of unbranched alkanes of at least 4 members (excludes halogenated alkanes) is 29. The Morgan fingerprint density at radius 3 is 0.984 bits per heavy atom. The van der Waals surface area contributed by atoms with Gasteiger partial charge in [-0.15, -0.1) is 0 Å². The fourth-order valence-electron chi connectivity index (χ4n) is 7.51. The van der Waals surface area contributed by atoms with Crippen molar-refractivity contribution in [3.63, 3.8) is 0 Å². The van der Waals surface area contributed by atoms with Gasteiger partial charge in [-0.2, -0.15) is 0 Å². The molecule has 0 amide bonds. The molecule has 0 heterocycles. The minimum Gasteiger partial charge on any atom is -0.462 e. The van der Waals surface area contributed by atoms with Crippen molar-refractivity contribution in [2.45, 2.75) is 277 Å². The summed E-state index contributed by atoms with van der Waals surface area (Å²) in [6.45, 7) is 6.52. The van der Waals surface area contributed by atoms with E-state index in [-0.39, 0.29) is 31.1 Å². The number of carbonyl (C=O) groups is 3. The minimum atomic E-state index is -0.772. The molecule has 0 rings (SSSR count). The van der Waals surface area contributed by atoms with Crippen LogP contribution in [-0.4, -0.2) is 37.2 Å². The first kappa shape index (κ1) is 59.4. The highest BCUT2D eigenvalue weighted by Gasteiger charge is 2.19. The van der Waals surface area contributed by atoms with Gasteiger partial charge in [0.2, 0.25) is 0 Å². The van der Waals surface area contributed by atoms with E-state index < -0.39 is 6.10 Å². The average molecular weight is 869 g/mol. The summed E-state index contributed by atoms with van der Waals surface area (Å²) in [4.78, 5) is 37.7. The van der Waals surface area contributed by atoms with E-state index in [1.807, 2.05) is 0 Å². The molecule has 0 saturated carbocycles. The molecule has 6 nitrogen and oxygen atoms in total. The van der Waals surface area contributed by atoms with Crippen molar-refractivity contribution in [3.05, 3.63) is 48.6 Å². The van der Waals surface area contributed by atoms with Crippen molar-refractivity contribution in [1.29, 1.82) is 0 Å². The van der Waals surface area contributed by atoms with E-state index in [2.05, 4.69) is 69.4 Å². The van der Waals surface area contributed by atoms with Gasteiger partial charge in [0, 0.05) is 19.3 Å². The SMILES string of the molecule is CCC/C=C\CCCCCCCC(=O)OC(COC(=O)CCCCCCCCC)COC(=O)CCCCCCCCCCCCCC/C=C\C/C=C\C/C=C\CCCCCCC. The summed E-state index contributed by atoms with van der Waals surface area (Å²) in [6.07, 6.45) is 61.3. The van der Waals surface area contributed by atoms with Crippen LogP contribution in [0, 0.1) is 0 Å². The van der Waals surface area contributed by atoms with Gasteiger partial charge < -0.3 is 14.2 Å².